The van der Waals surface area contributed by atoms with E-state index in [-0.39, 0.29) is 29.1 Å². The third kappa shape index (κ3) is 3.70. The molecule has 0 radical (unpaired) electrons. The maximum atomic E-state index is 12.2. The van der Waals surface area contributed by atoms with Crippen molar-refractivity contribution in [3.8, 4) is 5.88 Å². The zero-order valence-corrected chi connectivity index (χ0v) is 15.1. The van der Waals surface area contributed by atoms with Gasteiger partial charge in [0.25, 0.3) is 0 Å². The standard InChI is InChI=1S/C16H18F2N8O2/c1-16(2)4-8(14(27)23-16)7-26-13-9(5-20-26)19-6-11(22-13)21-10-3-12(25-24-10)28-15(17)18/h3,5-6,8,15H,4,7H2,1-2H3,(H,23,27)(H2,21,22,24,25)/t8-/m1/s1. The summed E-state index contributed by atoms with van der Waals surface area (Å²) in [6, 6.07) is 1.28. The van der Waals surface area contributed by atoms with Gasteiger partial charge in [0.2, 0.25) is 11.8 Å². The van der Waals surface area contributed by atoms with Gasteiger partial charge in [-0.3, -0.25) is 4.79 Å². The maximum Gasteiger partial charge on any atom is 0.388 e. The Bertz CT molecular complexity index is 1020. The Balaban J connectivity index is 1.53. The molecule has 28 heavy (non-hydrogen) atoms. The Labute approximate surface area is 157 Å². The average Bonchev–Trinajstić information content (AvgIpc) is 3.26. The summed E-state index contributed by atoms with van der Waals surface area (Å²) in [6.07, 6.45) is 3.74. The fourth-order valence-corrected chi connectivity index (χ4v) is 3.25. The number of alkyl halides is 2. The van der Waals surface area contributed by atoms with Crippen LogP contribution in [0, 0.1) is 5.92 Å². The first-order valence-electron chi connectivity index (χ1n) is 8.57. The Morgan fingerprint density at radius 1 is 1.39 bits per heavy atom. The van der Waals surface area contributed by atoms with E-state index >= 15 is 0 Å². The second kappa shape index (κ2) is 6.69. The number of amides is 1. The zero-order chi connectivity index (χ0) is 19.9. The highest BCUT2D eigenvalue weighted by Gasteiger charge is 2.37. The number of carbonyl (C=O) groups excluding carboxylic acids is 1. The maximum absolute atomic E-state index is 12.2. The molecule has 148 valence electrons. The summed E-state index contributed by atoms with van der Waals surface area (Å²) in [4.78, 5) is 20.9. The van der Waals surface area contributed by atoms with Crippen LogP contribution in [0.15, 0.2) is 18.5 Å². The monoisotopic (exact) mass is 392 g/mol. The lowest BCUT2D eigenvalue weighted by atomic mass is 9.97. The third-order valence-corrected chi connectivity index (χ3v) is 4.35. The summed E-state index contributed by atoms with van der Waals surface area (Å²) in [6.45, 7) is 1.39. The zero-order valence-electron chi connectivity index (χ0n) is 15.1. The van der Waals surface area contributed by atoms with Gasteiger partial charge in [0.05, 0.1) is 24.9 Å². The van der Waals surface area contributed by atoms with Gasteiger partial charge < -0.3 is 15.4 Å². The molecule has 3 N–H and O–H groups in total. The lowest BCUT2D eigenvalue weighted by Gasteiger charge is -2.16. The Morgan fingerprint density at radius 2 is 2.21 bits per heavy atom. The van der Waals surface area contributed by atoms with Gasteiger partial charge >= 0.3 is 6.61 Å². The van der Waals surface area contributed by atoms with Crippen molar-refractivity contribution in [3.05, 3.63) is 18.5 Å². The SMILES string of the molecule is CC1(C)C[C@H](Cn2ncc3ncc(Nc4cc(OC(F)F)[nH]n4)nc32)C(=O)N1. The summed E-state index contributed by atoms with van der Waals surface area (Å²) in [7, 11) is 0. The number of carbonyl (C=O) groups is 1. The van der Waals surface area contributed by atoms with Gasteiger partial charge in [-0.25, -0.2) is 19.7 Å². The summed E-state index contributed by atoms with van der Waals surface area (Å²) < 4.78 is 30.3. The van der Waals surface area contributed by atoms with Gasteiger partial charge in [-0.2, -0.15) is 19.0 Å². The minimum absolute atomic E-state index is 0.0148. The molecular weight excluding hydrogens is 374 g/mol. The molecular formula is C16H18F2N8O2. The molecule has 0 spiro atoms. The average molecular weight is 392 g/mol. The van der Waals surface area contributed by atoms with Crippen LogP contribution in [0.2, 0.25) is 0 Å². The van der Waals surface area contributed by atoms with Crippen molar-refractivity contribution < 1.29 is 18.3 Å². The van der Waals surface area contributed by atoms with Gasteiger partial charge in [-0.05, 0) is 20.3 Å². The van der Waals surface area contributed by atoms with Crippen molar-refractivity contribution in [2.24, 2.45) is 5.92 Å². The highest BCUT2D eigenvalue weighted by Crippen LogP contribution is 2.26. The van der Waals surface area contributed by atoms with E-state index in [1.807, 2.05) is 13.8 Å². The number of hydrogen-bond acceptors (Lipinski definition) is 7. The molecule has 1 saturated heterocycles. The molecule has 1 atom stereocenters. The number of halogens is 2. The molecule has 3 aromatic heterocycles. The number of nitrogens with one attached hydrogen (secondary N) is 3. The van der Waals surface area contributed by atoms with E-state index in [0.29, 0.717) is 29.9 Å². The van der Waals surface area contributed by atoms with E-state index in [0.717, 1.165) is 0 Å². The van der Waals surface area contributed by atoms with Gasteiger partial charge in [-0.1, -0.05) is 0 Å². The highest BCUT2D eigenvalue weighted by atomic mass is 19.3. The van der Waals surface area contributed by atoms with E-state index in [4.69, 9.17) is 0 Å². The lowest BCUT2D eigenvalue weighted by Crippen LogP contribution is -2.34. The minimum atomic E-state index is -2.95. The van der Waals surface area contributed by atoms with E-state index in [2.05, 4.69) is 40.6 Å². The molecule has 4 rings (SSSR count). The molecule has 0 aliphatic carbocycles. The van der Waals surface area contributed by atoms with E-state index in [1.165, 1.54) is 12.3 Å². The Kier molecular flexibility index (Phi) is 4.32. The molecule has 0 bridgehead atoms. The van der Waals surface area contributed by atoms with Crippen molar-refractivity contribution in [3.63, 3.8) is 0 Å². The number of hydrogen-bond donors (Lipinski definition) is 3. The number of fused-ring (bicyclic) bond motifs is 1. The summed E-state index contributed by atoms with van der Waals surface area (Å²) in [5, 5.41) is 16.3. The predicted molar refractivity (Wildman–Crippen MR) is 94.2 cm³/mol. The van der Waals surface area contributed by atoms with Crippen molar-refractivity contribution >= 4 is 28.7 Å². The number of aromatic nitrogens is 6. The number of nitrogens with zero attached hydrogens (tertiary/aromatic N) is 5. The second-order valence-electron chi connectivity index (χ2n) is 7.19. The summed E-state index contributed by atoms with van der Waals surface area (Å²) in [5.74, 6) is 0.190. The molecule has 1 aliphatic rings. The smallest absolute Gasteiger partial charge is 0.388 e. The molecule has 0 saturated carbocycles. The van der Waals surface area contributed by atoms with E-state index in [1.54, 1.807) is 10.9 Å². The number of aromatic amines is 1. The van der Waals surface area contributed by atoms with Crippen LogP contribution in [0.5, 0.6) is 5.88 Å². The van der Waals surface area contributed by atoms with Gasteiger partial charge in [0, 0.05) is 11.6 Å². The van der Waals surface area contributed by atoms with Crippen molar-refractivity contribution in [1.29, 1.82) is 0 Å². The molecule has 1 amide bonds. The van der Waals surface area contributed by atoms with Crippen LogP contribution in [0.3, 0.4) is 0 Å². The first-order valence-corrected chi connectivity index (χ1v) is 8.57. The Hall–Kier alpha value is -3.31. The quantitative estimate of drug-likeness (QED) is 0.585. The summed E-state index contributed by atoms with van der Waals surface area (Å²) >= 11 is 0. The third-order valence-electron chi connectivity index (χ3n) is 4.35. The summed E-state index contributed by atoms with van der Waals surface area (Å²) in [5.41, 5.74) is 0.829. The van der Waals surface area contributed by atoms with Crippen LogP contribution < -0.4 is 15.4 Å². The van der Waals surface area contributed by atoms with Gasteiger partial charge in [0.1, 0.15) is 5.52 Å². The molecule has 1 aliphatic heterocycles. The van der Waals surface area contributed by atoms with Crippen LogP contribution in [0.4, 0.5) is 20.4 Å². The van der Waals surface area contributed by atoms with Crippen molar-refractivity contribution in [2.75, 3.05) is 5.32 Å². The largest absolute Gasteiger partial charge is 0.417 e. The molecule has 12 heteroatoms. The van der Waals surface area contributed by atoms with Crippen LogP contribution in [-0.2, 0) is 11.3 Å². The number of rotatable bonds is 6. The van der Waals surface area contributed by atoms with Crippen LogP contribution in [-0.4, -0.2) is 48.0 Å². The first-order chi connectivity index (χ1) is 13.3. The predicted octanol–water partition coefficient (Wildman–Crippen LogP) is 1.81. The Morgan fingerprint density at radius 3 is 2.93 bits per heavy atom. The highest BCUT2D eigenvalue weighted by molar-refractivity contribution is 5.82. The topological polar surface area (TPSA) is 123 Å². The number of anilines is 2. The van der Waals surface area contributed by atoms with Crippen LogP contribution in [0.1, 0.15) is 20.3 Å². The molecule has 0 unspecified atom stereocenters. The van der Waals surface area contributed by atoms with Crippen LogP contribution in [0.25, 0.3) is 11.2 Å². The normalized spacial score (nSPS) is 18.6. The number of H-pyrrole nitrogens is 1. The van der Waals surface area contributed by atoms with E-state index in [9.17, 15) is 13.6 Å². The fourth-order valence-electron chi connectivity index (χ4n) is 3.25. The van der Waals surface area contributed by atoms with Crippen molar-refractivity contribution in [2.45, 2.75) is 39.0 Å². The van der Waals surface area contributed by atoms with E-state index < -0.39 is 6.61 Å². The minimum Gasteiger partial charge on any atom is -0.417 e. The second-order valence-corrected chi connectivity index (χ2v) is 7.19. The lowest BCUT2D eigenvalue weighted by molar-refractivity contribution is -0.123. The van der Waals surface area contributed by atoms with Gasteiger partial charge in [0.15, 0.2) is 17.3 Å². The molecule has 0 aromatic carbocycles. The molecule has 1 fully saturated rings. The number of ether oxygens (including phenoxy) is 1. The van der Waals surface area contributed by atoms with Crippen molar-refractivity contribution in [1.82, 2.24) is 35.3 Å². The molecule has 4 heterocycles. The molecule has 3 aromatic rings. The fraction of sp³-hybridized carbons (Fsp3) is 0.438. The van der Waals surface area contributed by atoms with Crippen LogP contribution >= 0.6 is 0 Å². The molecule has 10 nitrogen and oxygen atoms in total. The van der Waals surface area contributed by atoms with Gasteiger partial charge in [-0.15, -0.1) is 0 Å². The first kappa shape index (κ1) is 18.1.